The maximum atomic E-state index is 11.6. The van der Waals surface area contributed by atoms with Crippen molar-refractivity contribution in [1.82, 2.24) is 0 Å². The van der Waals surface area contributed by atoms with Crippen LogP contribution >= 0.6 is 0 Å². The van der Waals surface area contributed by atoms with Crippen molar-refractivity contribution >= 4 is 5.97 Å². The largest absolute Gasteiger partial charge is 0.433 e. The van der Waals surface area contributed by atoms with Gasteiger partial charge in [0.25, 0.3) is 0 Å². The molecule has 0 rings (SSSR count). The summed E-state index contributed by atoms with van der Waals surface area (Å²) in [6, 6.07) is 0. The fraction of sp³-hybridized carbons (Fsp3) is 0.938. The number of hydrogen-bond donors (Lipinski definition) is 0. The molecule has 8 nitrogen and oxygen atoms in total. The number of ether oxygens (including phenoxy) is 1. The summed E-state index contributed by atoms with van der Waals surface area (Å²) in [5.74, 6) is -0.328. The first-order valence-corrected chi connectivity index (χ1v) is 8.48. The highest BCUT2D eigenvalue weighted by Gasteiger charge is 2.18. The molecular weight excluding hydrogens is 320 g/mol. The number of carbonyl (C=O) groups is 1. The highest BCUT2D eigenvalue weighted by Crippen LogP contribution is 2.11. The molecule has 0 aromatic rings. The van der Waals surface area contributed by atoms with E-state index in [1.807, 2.05) is 6.92 Å². The second kappa shape index (κ2) is 13.5. The van der Waals surface area contributed by atoms with E-state index >= 15 is 0 Å². The van der Waals surface area contributed by atoms with Gasteiger partial charge in [0.15, 0.2) is 0 Å². The van der Waals surface area contributed by atoms with E-state index < -0.39 is 18.2 Å². The maximum Gasteiger partial charge on any atom is 0.308 e. The molecule has 8 heteroatoms. The van der Waals surface area contributed by atoms with Crippen molar-refractivity contribution in [3.8, 4) is 0 Å². The molecule has 0 aliphatic carbocycles. The smallest absolute Gasteiger partial charge is 0.308 e. The second-order valence-corrected chi connectivity index (χ2v) is 6.35. The van der Waals surface area contributed by atoms with E-state index in [2.05, 4.69) is 17.0 Å². The average Bonchev–Trinajstić information content (AvgIpc) is 2.48. The second-order valence-electron chi connectivity index (χ2n) is 6.35. The molecule has 144 valence electrons. The minimum Gasteiger partial charge on any atom is -0.433 e. The summed E-state index contributed by atoms with van der Waals surface area (Å²) in [4.78, 5) is 31.3. The summed E-state index contributed by atoms with van der Waals surface area (Å²) >= 11 is 0. The molecule has 0 fully saturated rings. The molecule has 0 amide bonds. The van der Waals surface area contributed by atoms with E-state index in [1.165, 1.54) is 0 Å². The number of carbonyl (C=O) groups excluding carboxylic acids is 1. The molecule has 2 atom stereocenters. The zero-order valence-electron chi connectivity index (χ0n) is 15.7. The Labute approximate surface area is 144 Å². The summed E-state index contributed by atoms with van der Waals surface area (Å²) in [6.07, 6.45) is 2.72. The van der Waals surface area contributed by atoms with Crippen LogP contribution in [0.1, 0.15) is 80.1 Å². The molecule has 0 aliphatic heterocycles. The molecule has 0 aromatic carbocycles. The summed E-state index contributed by atoms with van der Waals surface area (Å²) in [5, 5.41) is 8.93. The Morgan fingerprint density at radius 1 is 0.958 bits per heavy atom. The fourth-order valence-electron chi connectivity index (χ4n) is 1.45. The molecule has 0 heterocycles. The van der Waals surface area contributed by atoms with E-state index in [4.69, 9.17) is 24.3 Å². The van der Waals surface area contributed by atoms with Crippen molar-refractivity contribution in [1.29, 1.82) is 0 Å². The Balaban J connectivity index is 3.94. The molecule has 0 saturated carbocycles. The molecule has 2 unspecified atom stereocenters. The van der Waals surface area contributed by atoms with E-state index in [0.29, 0.717) is 12.8 Å². The van der Waals surface area contributed by atoms with Crippen LogP contribution in [0.2, 0.25) is 0 Å². The third kappa shape index (κ3) is 14.8. The minimum absolute atomic E-state index is 0.328. The predicted molar refractivity (Wildman–Crippen MR) is 84.7 cm³/mol. The standard InChI is InChI=1S/C16H32O8/c1-7-9-10-12-14(17)18-13(3)19-20-15(11-8-2)21-23-24-22-16(4,5)6/h13,15H,7-12H2,1-6H3. The van der Waals surface area contributed by atoms with Gasteiger partial charge >= 0.3 is 5.97 Å². The van der Waals surface area contributed by atoms with Crippen molar-refractivity contribution in [2.45, 2.75) is 98.2 Å². The highest BCUT2D eigenvalue weighted by atomic mass is 17.7. The van der Waals surface area contributed by atoms with Crippen molar-refractivity contribution in [3.05, 3.63) is 0 Å². The lowest BCUT2D eigenvalue weighted by Crippen LogP contribution is -2.25. The van der Waals surface area contributed by atoms with E-state index in [1.54, 1.807) is 27.7 Å². The summed E-state index contributed by atoms with van der Waals surface area (Å²) in [7, 11) is 0. The van der Waals surface area contributed by atoms with Gasteiger partial charge in [-0.2, -0.15) is 19.6 Å². The topological polar surface area (TPSA) is 81.7 Å². The number of hydrogen-bond acceptors (Lipinski definition) is 8. The van der Waals surface area contributed by atoms with Gasteiger partial charge in [-0.15, -0.1) is 0 Å². The summed E-state index contributed by atoms with van der Waals surface area (Å²) < 4.78 is 5.06. The van der Waals surface area contributed by atoms with E-state index in [0.717, 1.165) is 25.7 Å². The van der Waals surface area contributed by atoms with Crippen LogP contribution in [0.25, 0.3) is 0 Å². The monoisotopic (exact) mass is 352 g/mol. The highest BCUT2D eigenvalue weighted by molar-refractivity contribution is 5.69. The Morgan fingerprint density at radius 2 is 1.67 bits per heavy atom. The van der Waals surface area contributed by atoms with Crippen LogP contribution in [-0.2, 0) is 39.2 Å². The molecule has 0 bridgehead atoms. The molecule has 24 heavy (non-hydrogen) atoms. The van der Waals surface area contributed by atoms with Gasteiger partial charge in [-0.25, -0.2) is 0 Å². The Bertz CT molecular complexity index is 316. The number of esters is 1. The maximum absolute atomic E-state index is 11.6. The zero-order chi connectivity index (χ0) is 18.4. The Morgan fingerprint density at radius 3 is 2.25 bits per heavy atom. The lowest BCUT2D eigenvalue weighted by atomic mass is 10.2. The van der Waals surface area contributed by atoms with Crippen LogP contribution in [0.15, 0.2) is 0 Å². The first-order chi connectivity index (χ1) is 11.3. The van der Waals surface area contributed by atoms with Gasteiger partial charge in [-0.3, -0.25) is 4.79 Å². The van der Waals surface area contributed by atoms with Crippen LogP contribution in [0, 0.1) is 0 Å². The molecule has 0 aliphatic rings. The van der Waals surface area contributed by atoms with E-state index in [-0.39, 0.29) is 5.97 Å². The third-order valence-electron chi connectivity index (χ3n) is 2.56. The molecular formula is C16H32O8. The van der Waals surface area contributed by atoms with Crippen molar-refractivity contribution in [2.75, 3.05) is 0 Å². The number of unbranched alkanes of at least 4 members (excludes halogenated alkanes) is 2. The van der Waals surface area contributed by atoms with E-state index in [9.17, 15) is 4.79 Å². The predicted octanol–water partition coefficient (Wildman–Crippen LogP) is 4.14. The van der Waals surface area contributed by atoms with Crippen LogP contribution in [0.4, 0.5) is 0 Å². The summed E-state index contributed by atoms with van der Waals surface area (Å²) in [5.41, 5.74) is -0.540. The first-order valence-electron chi connectivity index (χ1n) is 8.48. The summed E-state index contributed by atoms with van der Waals surface area (Å²) in [6.45, 7) is 10.9. The normalized spacial score (nSPS) is 14.4. The molecule has 0 N–H and O–H groups in total. The molecule has 0 aromatic heterocycles. The van der Waals surface area contributed by atoms with Crippen LogP contribution in [-0.4, -0.2) is 24.2 Å². The number of rotatable bonds is 14. The van der Waals surface area contributed by atoms with Gasteiger partial charge in [0.2, 0.25) is 12.6 Å². The lowest BCUT2D eigenvalue weighted by molar-refractivity contribution is -0.675. The van der Waals surface area contributed by atoms with Gasteiger partial charge in [0, 0.05) is 19.8 Å². The molecule has 0 saturated heterocycles. The third-order valence-corrected chi connectivity index (χ3v) is 2.56. The minimum atomic E-state index is -0.853. The Kier molecular flexibility index (Phi) is 13.1. The van der Waals surface area contributed by atoms with Gasteiger partial charge in [0.1, 0.15) is 0 Å². The van der Waals surface area contributed by atoms with Crippen molar-refractivity contribution in [3.63, 3.8) is 0 Å². The molecule has 0 radical (unpaired) electrons. The quantitative estimate of drug-likeness (QED) is 0.152. The van der Waals surface area contributed by atoms with Gasteiger partial charge in [-0.05, 0) is 37.3 Å². The van der Waals surface area contributed by atoms with Crippen LogP contribution in [0.3, 0.4) is 0 Å². The van der Waals surface area contributed by atoms with Crippen molar-refractivity contribution in [2.24, 2.45) is 0 Å². The first kappa shape index (κ1) is 23.2. The van der Waals surface area contributed by atoms with Gasteiger partial charge in [0.05, 0.1) is 5.60 Å². The zero-order valence-corrected chi connectivity index (χ0v) is 15.7. The van der Waals surface area contributed by atoms with Crippen LogP contribution in [0.5, 0.6) is 0 Å². The Hall–Kier alpha value is -0.770. The van der Waals surface area contributed by atoms with Gasteiger partial charge < -0.3 is 4.74 Å². The van der Waals surface area contributed by atoms with Gasteiger partial charge in [-0.1, -0.05) is 33.1 Å². The SMILES string of the molecule is CCCCCC(=O)OC(C)OOC(CCC)OOOOC(C)(C)C. The van der Waals surface area contributed by atoms with Crippen LogP contribution < -0.4 is 0 Å². The molecule has 0 spiro atoms. The average molecular weight is 352 g/mol. The fourth-order valence-corrected chi connectivity index (χ4v) is 1.45. The van der Waals surface area contributed by atoms with Crippen molar-refractivity contribution < 1.29 is 39.2 Å². The lowest BCUT2D eigenvalue weighted by Gasteiger charge is -2.19.